The van der Waals surface area contributed by atoms with Crippen LogP contribution in [-0.2, 0) is 0 Å². The van der Waals surface area contributed by atoms with Gasteiger partial charge in [-0.25, -0.2) is 0 Å². The molecule has 0 heterocycles. The molecule has 0 amide bonds. The Hall–Kier alpha value is -1.15. The Kier molecular flexibility index (Phi) is 2.61. The van der Waals surface area contributed by atoms with Crippen molar-refractivity contribution in [2.75, 3.05) is 6.54 Å². The summed E-state index contributed by atoms with van der Waals surface area (Å²) in [5.41, 5.74) is 8.19. The molecule has 0 saturated heterocycles. The van der Waals surface area contributed by atoms with E-state index in [4.69, 9.17) is 5.73 Å². The molecule has 0 unspecified atom stereocenters. The van der Waals surface area contributed by atoms with E-state index in [1.54, 1.807) is 0 Å². The summed E-state index contributed by atoms with van der Waals surface area (Å²) in [6.45, 7) is 4.02. The Morgan fingerprint density at radius 2 is 2.08 bits per heavy atom. The van der Waals surface area contributed by atoms with Crippen molar-refractivity contribution >= 4 is 5.78 Å². The zero-order chi connectivity index (χ0) is 9.14. The van der Waals surface area contributed by atoms with Gasteiger partial charge in [-0.1, -0.05) is 18.2 Å². The summed E-state index contributed by atoms with van der Waals surface area (Å²) in [6, 6.07) is 5.69. The number of carbonyl (C=O) groups is 1. The smallest absolute Gasteiger partial charge is 0.176 e. The van der Waals surface area contributed by atoms with E-state index in [1.807, 2.05) is 32.0 Å². The molecule has 64 valence electrons. The third-order valence-corrected chi connectivity index (χ3v) is 2.09. The molecule has 1 aromatic rings. The van der Waals surface area contributed by atoms with Crippen molar-refractivity contribution in [1.82, 2.24) is 0 Å². The first kappa shape index (κ1) is 8.94. The van der Waals surface area contributed by atoms with Gasteiger partial charge in [0.2, 0.25) is 0 Å². The van der Waals surface area contributed by atoms with Crippen LogP contribution in [0.2, 0.25) is 0 Å². The second-order valence-corrected chi connectivity index (χ2v) is 2.87. The second kappa shape index (κ2) is 3.50. The average molecular weight is 163 g/mol. The third-order valence-electron chi connectivity index (χ3n) is 2.09. The summed E-state index contributed by atoms with van der Waals surface area (Å²) in [6.07, 6.45) is 0. The Morgan fingerprint density at radius 1 is 1.42 bits per heavy atom. The minimum absolute atomic E-state index is 0.0104. The Labute approximate surface area is 72.4 Å². The molecule has 1 rings (SSSR count). The zero-order valence-electron chi connectivity index (χ0n) is 7.42. The largest absolute Gasteiger partial charge is 0.324 e. The summed E-state index contributed by atoms with van der Waals surface area (Å²) >= 11 is 0. The van der Waals surface area contributed by atoms with Gasteiger partial charge in [0.05, 0.1) is 6.54 Å². The van der Waals surface area contributed by atoms with Gasteiger partial charge in [-0.2, -0.15) is 0 Å². The first-order chi connectivity index (χ1) is 5.66. The van der Waals surface area contributed by atoms with Crippen LogP contribution in [0, 0.1) is 13.8 Å². The zero-order valence-corrected chi connectivity index (χ0v) is 7.42. The average Bonchev–Trinajstić information content (AvgIpc) is 2.08. The standard InChI is InChI=1S/C10H13NO/c1-7-4-3-5-9(8(7)2)10(12)6-11/h3-5H,6,11H2,1-2H3. The van der Waals surface area contributed by atoms with Gasteiger partial charge in [0, 0.05) is 5.56 Å². The molecule has 0 aliphatic rings. The summed E-state index contributed by atoms with van der Waals surface area (Å²) in [5.74, 6) is 0.0104. The molecule has 12 heavy (non-hydrogen) atoms. The van der Waals surface area contributed by atoms with E-state index < -0.39 is 0 Å². The number of hydrogen-bond donors (Lipinski definition) is 1. The lowest BCUT2D eigenvalue weighted by Crippen LogP contribution is -2.15. The van der Waals surface area contributed by atoms with Crippen molar-refractivity contribution in [3.8, 4) is 0 Å². The van der Waals surface area contributed by atoms with Crippen molar-refractivity contribution < 1.29 is 4.79 Å². The van der Waals surface area contributed by atoms with Crippen LogP contribution in [0.3, 0.4) is 0 Å². The van der Waals surface area contributed by atoms with Gasteiger partial charge in [-0.3, -0.25) is 4.79 Å². The van der Waals surface area contributed by atoms with E-state index in [-0.39, 0.29) is 12.3 Å². The molecule has 0 atom stereocenters. The van der Waals surface area contributed by atoms with E-state index in [0.29, 0.717) is 0 Å². The van der Waals surface area contributed by atoms with Crippen molar-refractivity contribution in [3.05, 3.63) is 34.9 Å². The summed E-state index contributed by atoms with van der Waals surface area (Å²) in [7, 11) is 0. The normalized spacial score (nSPS) is 9.92. The van der Waals surface area contributed by atoms with Crippen molar-refractivity contribution in [2.45, 2.75) is 13.8 Å². The van der Waals surface area contributed by atoms with Crippen LogP contribution >= 0.6 is 0 Å². The molecule has 2 nitrogen and oxygen atoms in total. The lowest BCUT2D eigenvalue weighted by Gasteiger charge is -2.05. The van der Waals surface area contributed by atoms with E-state index in [9.17, 15) is 4.79 Å². The molecule has 0 aliphatic heterocycles. The van der Waals surface area contributed by atoms with E-state index in [1.165, 1.54) is 0 Å². The third kappa shape index (κ3) is 1.53. The van der Waals surface area contributed by atoms with Gasteiger partial charge in [-0.05, 0) is 25.0 Å². The molecular weight excluding hydrogens is 150 g/mol. The predicted octanol–water partition coefficient (Wildman–Crippen LogP) is 1.44. The number of benzene rings is 1. The van der Waals surface area contributed by atoms with Gasteiger partial charge in [-0.15, -0.1) is 0 Å². The number of carbonyl (C=O) groups excluding carboxylic acids is 1. The highest BCUT2D eigenvalue weighted by atomic mass is 16.1. The van der Waals surface area contributed by atoms with Crippen LogP contribution in [0.5, 0.6) is 0 Å². The number of rotatable bonds is 2. The van der Waals surface area contributed by atoms with E-state index >= 15 is 0 Å². The van der Waals surface area contributed by atoms with Gasteiger partial charge in [0.15, 0.2) is 5.78 Å². The predicted molar refractivity (Wildman–Crippen MR) is 49.3 cm³/mol. The topological polar surface area (TPSA) is 43.1 Å². The summed E-state index contributed by atoms with van der Waals surface area (Å²) < 4.78 is 0. The molecule has 1 aromatic carbocycles. The fourth-order valence-electron chi connectivity index (χ4n) is 1.16. The molecule has 2 heteroatoms. The lowest BCUT2D eigenvalue weighted by atomic mass is 10.0. The Bertz CT molecular complexity index is 305. The van der Waals surface area contributed by atoms with E-state index in [0.717, 1.165) is 16.7 Å². The highest BCUT2D eigenvalue weighted by Gasteiger charge is 2.06. The molecule has 0 aromatic heterocycles. The first-order valence-corrected chi connectivity index (χ1v) is 3.96. The summed E-state index contributed by atoms with van der Waals surface area (Å²) in [4.78, 5) is 11.3. The number of hydrogen-bond acceptors (Lipinski definition) is 2. The highest BCUT2D eigenvalue weighted by molar-refractivity contribution is 5.99. The van der Waals surface area contributed by atoms with Crippen molar-refractivity contribution in [3.63, 3.8) is 0 Å². The molecule has 0 bridgehead atoms. The molecule has 0 spiro atoms. The van der Waals surface area contributed by atoms with Gasteiger partial charge in [0.25, 0.3) is 0 Å². The van der Waals surface area contributed by atoms with Crippen LogP contribution in [0.1, 0.15) is 21.5 Å². The minimum atomic E-state index is 0.0104. The molecular formula is C10H13NO. The number of nitrogens with two attached hydrogens (primary N) is 1. The Morgan fingerprint density at radius 3 is 2.67 bits per heavy atom. The van der Waals surface area contributed by atoms with Gasteiger partial charge >= 0.3 is 0 Å². The quantitative estimate of drug-likeness (QED) is 0.670. The molecule has 0 saturated carbocycles. The molecule has 0 radical (unpaired) electrons. The van der Waals surface area contributed by atoms with Gasteiger partial charge < -0.3 is 5.73 Å². The maximum atomic E-state index is 11.3. The number of ketones is 1. The Balaban J connectivity index is 3.16. The maximum Gasteiger partial charge on any atom is 0.176 e. The number of Topliss-reactive ketones (excluding diaryl/α,β-unsaturated/α-hetero) is 1. The number of aryl methyl sites for hydroxylation is 1. The fraction of sp³-hybridized carbons (Fsp3) is 0.300. The van der Waals surface area contributed by atoms with E-state index in [2.05, 4.69) is 0 Å². The highest BCUT2D eigenvalue weighted by Crippen LogP contribution is 2.12. The van der Waals surface area contributed by atoms with Crippen LogP contribution in [0.15, 0.2) is 18.2 Å². The van der Waals surface area contributed by atoms with Crippen molar-refractivity contribution in [1.29, 1.82) is 0 Å². The molecule has 0 fully saturated rings. The minimum Gasteiger partial charge on any atom is -0.324 e. The van der Waals surface area contributed by atoms with Crippen molar-refractivity contribution in [2.24, 2.45) is 5.73 Å². The van der Waals surface area contributed by atoms with Crippen LogP contribution in [0.25, 0.3) is 0 Å². The maximum absolute atomic E-state index is 11.3. The van der Waals surface area contributed by atoms with Crippen LogP contribution in [0.4, 0.5) is 0 Å². The SMILES string of the molecule is Cc1cccc(C(=O)CN)c1C. The summed E-state index contributed by atoms with van der Waals surface area (Å²) in [5, 5.41) is 0. The first-order valence-electron chi connectivity index (χ1n) is 3.96. The second-order valence-electron chi connectivity index (χ2n) is 2.87. The van der Waals surface area contributed by atoms with Gasteiger partial charge in [0.1, 0.15) is 0 Å². The molecule has 0 aliphatic carbocycles. The van der Waals surface area contributed by atoms with Crippen LogP contribution < -0.4 is 5.73 Å². The monoisotopic (exact) mass is 163 g/mol. The molecule has 2 N–H and O–H groups in total. The van der Waals surface area contributed by atoms with Crippen LogP contribution in [-0.4, -0.2) is 12.3 Å². The lowest BCUT2D eigenvalue weighted by molar-refractivity contribution is 0.100. The fourth-order valence-corrected chi connectivity index (χ4v) is 1.16.